The molecule has 0 spiro atoms. The van der Waals surface area contributed by atoms with Crippen molar-refractivity contribution in [1.29, 1.82) is 0 Å². The second-order valence-electron chi connectivity index (χ2n) is 4.16. The number of hydrogen-bond donors (Lipinski definition) is 1. The lowest BCUT2D eigenvalue weighted by Crippen LogP contribution is -2.36. The summed E-state index contributed by atoms with van der Waals surface area (Å²) in [4.78, 5) is 28.5. The number of carbonyl (C=O) groups excluding carboxylic acids is 2. The van der Waals surface area contributed by atoms with Crippen molar-refractivity contribution in [2.24, 2.45) is 5.16 Å². The van der Waals surface area contributed by atoms with Gasteiger partial charge in [-0.15, -0.1) is 0 Å². The van der Waals surface area contributed by atoms with E-state index in [4.69, 9.17) is 19.1 Å². The second kappa shape index (κ2) is 8.65. The average molecular weight is 313 g/mol. The zero-order valence-corrected chi connectivity index (χ0v) is 12.7. The van der Waals surface area contributed by atoms with E-state index < -0.39 is 11.9 Å². The number of ether oxygens (including phenoxy) is 2. The number of anilines is 1. The van der Waals surface area contributed by atoms with Gasteiger partial charge in [0, 0.05) is 0 Å². The van der Waals surface area contributed by atoms with Crippen molar-refractivity contribution in [3.8, 4) is 0 Å². The highest BCUT2D eigenvalue weighted by atomic mass is 16.5. The van der Waals surface area contributed by atoms with E-state index in [9.17, 15) is 9.59 Å². The Morgan fingerprint density at radius 1 is 1.27 bits per heavy atom. The van der Waals surface area contributed by atoms with Gasteiger partial charge in [0.15, 0.2) is 5.76 Å². The Morgan fingerprint density at radius 2 is 1.82 bits per heavy atom. The van der Waals surface area contributed by atoms with Crippen LogP contribution in [-0.2, 0) is 19.1 Å². The summed E-state index contributed by atoms with van der Waals surface area (Å²) >= 11 is 0. The van der Waals surface area contributed by atoms with Gasteiger partial charge in [-0.05, 0) is 20.8 Å². The van der Waals surface area contributed by atoms with Crippen molar-refractivity contribution in [3.05, 3.63) is 12.0 Å². The number of oxime groups is 1. The lowest BCUT2D eigenvalue weighted by Gasteiger charge is -2.18. The topological polar surface area (TPSA) is 114 Å². The number of esters is 2. The summed E-state index contributed by atoms with van der Waals surface area (Å²) in [6.07, 6.45) is 1.33. The minimum atomic E-state index is -0.529. The van der Waals surface area contributed by atoms with Crippen LogP contribution < -0.4 is 4.90 Å². The molecule has 1 N–H and O–H groups in total. The van der Waals surface area contributed by atoms with Gasteiger partial charge in [0.2, 0.25) is 0 Å². The third kappa shape index (κ3) is 5.08. The van der Waals surface area contributed by atoms with Gasteiger partial charge >= 0.3 is 11.9 Å². The fourth-order valence-corrected chi connectivity index (χ4v) is 1.54. The average Bonchev–Trinajstić information content (AvgIpc) is 2.96. The highest BCUT2D eigenvalue weighted by molar-refractivity contribution is 5.95. The first-order chi connectivity index (χ1) is 10.5. The van der Waals surface area contributed by atoms with E-state index in [2.05, 4.69) is 10.1 Å². The van der Waals surface area contributed by atoms with Crippen molar-refractivity contribution >= 4 is 23.7 Å². The van der Waals surface area contributed by atoms with Crippen LogP contribution in [0.1, 0.15) is 26.5 Å². The largest absolute Gasteiger partial charge is 0.465 e. The molecule has 1 aromatic heterocycles. The van der Waals surface area contributed by atoms with Crippen molar-refractivity contribution in [3.63, 3.8) is 0 Å². The fraction of sp³-hybridized carbons (Fsp3) is 0.538. The quantitative estimate of drug-likeness (QED) is 0.324. The smallest absolute Gasteiger partial charge is 0.325 e. The molecule has 0 aliphatic heterocycles. The Bertz CT molecular complexity index is 520. The van der Waals surface area contributed by atoms with Crippen LogP contribution in [0.25, 0.3) is 0 Å². The fourth-order valence-electron chi connectivity index (χ4n) is 1.54. The number of hydrogen-bond acceptors (Lipinski definition) is 9. The van der Waals surface area contributed by atoms with E-state index in [1.165, 1.54) is 18.0 Å². The van der Waals surface area contributed by atoms with Gasteiger partial charge in [-0.3, -0.25) is 9.59 Å². The minimum absolute atomic E-state index is 0.0270. The Labute approximate surface area is 127 Å². The predicted molar refractivity (Wildman–Crippen MR) is 76.0 cm³/mol. The summed E-state index contributed by atoms with van der Waals surface area (Å²) in [7, 11) is 0. The summed E-state index contributed by atoms with van der Waals surface area (Å²) in [6, 6.07) is 0.0270. The van der Waals surface area contributed by atoms with Crippen molar-refractivity contribution < 1.29 is 28.7 Å². The third-order valence-electron chi connectivity index (χ3n) is 2.52. The molecule has 0 bridgehead atoms. The van der Waals surface area contributed by atoms with Crippen LogP contribution in [0.15, 0.2) is 15.8 Å². The van der Waals surface area contributed by atoms with Gasteiger partial charge in [-0.1, -0.05) is 5.16 Å². The maximum absolute atomic E-state index is 11.6. The monoisotopic (exact) mass is 313 g/mol. The van der Waals surface area contributed by atoms with Crippen LogP contribution in [0.3, 0.4) is 0 Å². The SMILES string of the molecule is CCOC(=O)CN(CC(=O)OCC)c1ncc(/C(C)=N/O)o1. The first kappa shape index (κ1) is 17.5. The lowest BCUT2D eigenvalue weighted by molar-refractivity contribution is -0.142. The minimum Gasteiger partial charge on any atom is -0.465 e. The molecule has 1 rings (SSSR count). The molecular formula is C13H19N3O6. The number of nitrogens with zero attached hydrogens (tertiary/aromatic N) is 3. The second-order valence-corrected chi connectivity index (χ2v) is 4.16. The first-order valence-electron chi connectivity index (χ1n) is 6.72. The summed E-state index contributed by atoms with van der Waals surface area (Å²) < 4.78 is 15.1. The van der Waals surface area contributed by atoms with Crippen LogP contribution in [0.2, 0.25) is 0 Å². The molecule has 0 radical (unpaired) electrons. The number of oxazole rings is 1. The van der Waals surface area contributed by atoms with Gasteiger partial charge in [0.1, 0.15) is 18.8 Å². The normalized spacial score (nSPS) is 11.1. The molecular weight excluding hydrogens is 294 g/mol. The highest BCUT2D eigenvalue weighted by Crippen LogP contribution is 2.15. The molecule has 1 heterocycles. The van der Waals surface area contributed by atoms with Gasteiger partial charge in [0.05, 0.1) is 19.4 Å². The Balaban J connectivity index is 2.90. The van der Waals surface area contributed by atoms with Gasteiger partial charge in [-0.2, -0.15) is 0 Å². The molecule has 122 valence electrons. The molecule has 0 atom stereocenters. The van der Waals surface area contributed by atoms with Crippen LogP contribution >= 0.6 is 0 Å². The van der Waals surface area contributed by atoms with E-state index in [0.717, 1.165) is 0 Å². The number of rotatable bonds is 8. The van der Waals surface area contributed by atoms with Gasteiger partial charge < -0.3 is 24.0 Å². The summed E-state index contributed by atoms with van der Waals surface area (Å²) in [6.45, 7) is 4.88. The molecule has 0 saturated carbocycles. The van der Waals surface area contributed by atoms with Gasteiger partial charge in [-0.25, -0.2) is 4.98 Å². The molecule has 1 aromatic rings. The molecule has 9 nitrogen and oxygen atoms in total. The first-order valence-corrected chi connectivity index (χ1v) is 6.72. The van der Waals surface area contributed by atoms with Crippen LogP contribution in [0.4, 0.5) is 6.01 Å². The molecule has 9 heteroatoms. The summed E-state index contributed by atoms with van der Waals surface area (Å²) in [5.74, 6) is -0.839. The molecule has 0 fully saturated rings. The lowest BCUT2D eigenvalue weighted by atomic mass is 10.4. The molecule has 0 aliphatic rings. The van der Waals surface area contributed by atoms with E-state index in [1.54, 1.807) is 13.8 Å². The van der Waals surface area contributed by atoms with E-state index in [0.29, 0.717) is 0 Å². The molecule has 0 saturated heterocycles. The summed E-state index contributed by atoms with van der Waals surface area (Å²) in [5.41, 5.74) is 0.214. The van der Waals surface area contributed by atoms with Crippen molar-refractivity contribution in [2.45, 2.75) is 20.8 Å². The maximum atomic E-state index is 11.6. The van der Waals surface area contributed by atoms with Crippen LogP contribution in [0.5, 0.6) is 0 Å². The zero-order chi connectivity index (χ0) is 16.5. The van der Waals surface area contributed by atoms with Crippen molar-refractivity contribution in [2.75, 3.05) is 31.2 Å². The Morgan fingerprint density at radius 3 is 2.27 bits per heavy atom. The maximum Gasteiger partial charge on any atom is 0.325 e. The van der Waals surface area contributed by atoms with E-state index >= 15 is 0 Å². The molecule has 0 amide bonds. The summed E-state index contributed by atoms with van der Waals surface area (Å²) in [5, 5.41) is 11.7. The van der Waals surface area contributed by atoms with Crippen molar-refractivity contribution in [1.82, 2.24) is 4.98 Å². The van der Waals surface area contributed by atoms with E-state index in [-0.39, 0.29) is 43.8 Å². The Hall–Kier alpha value is -2.58. The zero-order valence-electron chi connectivity index (χ0n) is 12.7. The predicted octanol–water partition coefficient (Wildman–Crippen LogP) is 0.805. The van der Waals surface area contributed by atoms with Crippen LogP contribution in [0, 0.1) is 0 Å². The molecule has 0 aliphatic carbocycles. The molecule has 0 unspecified atom stereocenters. The standard InChI is InChI=1S/C13H19N3O6/c1-4-20-11(17)7-16(8-12(18)21-5-2)13-14-6-10(22-13)9(3)15-19/h6,19H,4-5,7-8H2,1-3H3/b15-9+. The number of carbonyl (C=O) groups is 2. The Kier molecular flexibility index (Phi) is 6.87. The highest BCUT2D eigenvalue weighted by Gasteiger charge is 2.21. The molecule has 0 aromatic carbocycles. The van der Waals surface area contributed by atoms with Crippen LogP contribution in [-0.4, -0.2) is 54.1 Å². The number of aromatic nitrogens is 1. The third-order valence-corrected chi connectivity index (χ3v) is 2.52. The molecule has 22 heavy (non-hydrogen) atoms. The van der Waals surface area contributed by atoms with E-state index in [1.807, 2.05) is 0 Å². The van der Waals surface area contributed by atoms with Gasteiger partial charge in [0.25, 0.3) is 6.01 Å².